The van der Waals surface area contributed by atoms with Crippen LogP contribution in [0.5, 0.6) is 0 Å². The average Bonchev–Trinajstić information content (AvgIpc) is 2.04. The van der Waals surface area contributed by atoms with Crippen LogP contribution in [0.25, 0.3) is 0 Å². The predicted molar refractivity (Wildman–Crippen MR) is 55.9 cm³/mol. The van der Waals surface area contributed by atoms with E-state index in [4.69, 9.17) is 4.74 Å². The molecule has 1 heterocycles. The molecule has 0 N–H and O–H groups in total. The Hall–Kier alpha value is -0.0800. The molecule has 78 valence electrons. The van der Waals surface area contributed by atoms with E-state index >= 15 is 0 Å². The van der Waals surface area contributed by atoms with Crippen molar-refractivity contribution in [1.29, 1.82) is 0 Å². The Morgan fingerprint density at radius 2 is 1.77 bits per heavy atom. The first-order valence-electron chi connectivity index (χ1n) is 5.48. The van der Waals surface area contributed by atoms with Crippen molar-refractivity contribution < 1.29 is 4.74 Å². The summed E-state index contributed by atoms with van der Waals surface area (Å²) in [4.78, 5) is 2.52. The van der Waals surface area contributed by atoms with Gasteiger partial charge in [0.1, 0.15) is 0 Å². The molecule has 1 atom stereocenters. The first kappa shape index (κ1) is 11.0. The molecule has 1 saturated heterocycles. The summed E-state index contributed by atoms with van der Waals surface area (Å²) in [6.07, 6.45) is 1.34. The minimum Gasteiger partial charge on any atom is -0.379 e. The van der Waals surface area contributed by atoms with Crippen molar-refractivity contribution in [3.8, 4) is 0 Å². The van der Waals surface area contributed by atoms with Crippen molar-refractivity contribution in [3.05, 3.63) is 0 Å². The summed E-state index contributed by atoms with van der Waals surface area (Å²) in [5.41, 5.74) is 0. The molecule has 0 amide bonds. The Morgan fingerprint density at radius 3 is 2.31 bits per heavy atom. The number of hydrogen-bond donors (Lipinski definition) is 0. The molecule has 0 aromatic heterocycles. The number of rotatable bonds is 4. The molecule has 1 rings (SSSR count). The zero-order valence-corrected chi connectivity index (χ0v) is 9.25. The van der Waals surface area contributed by atoms with Gasteiger partial charge in [0, 0.05) is 19.6 Å². The SMILES string of the molecule is CC(C)CC(C)CN1CCOCC1. The summed E-state index contributed by atoms with van der Waals surface area (Å²) in [6.45, 7) is 12.3. The minimum atomic E-state index is 0.830. The molecule has 0 aliphatic carbocycles. The second-order valence-electron chi connectivity index (χ2n) is 4.65. The van der Waals surface area contributed by atoms with Gasteiger partial charge in [-0.1, -0.05) is 20.8 Å². The van der Waals surface area contributed by atoms with Crippen LogP contribution >= 0.6 is 0 Å². The van der Waals surface area contributed by atoms with E-state index in [9.17, 15) is 0 Å². The highest BCUT2D eigenvalue weighted by atomic mass is 16.5. The number of ether oxygens (including phenoxy) is 1. The van der Waals surface area contributed by atoms with Crippen LogP contribution < -0.4 is 0 Å². The molecule has 0 spiro atoms. The van der Waals surface area contributed by atoms with E-state index in [2.05, 4.69) is 25.7 Å². The van der Waals surface area contributed by atoms with Crippen molar-refractivity contribution in [2.45, 2.75) is 27.2 Å². The number of nitrogens with zero attached hydrogens (tertiary/aromatic N) is 1. The van der Waals surface area contributed by atoms with Gasteiger partial charge in [-0.2, -0.15) is 0 Å². The molecule has 13 heavy (non-hydrogen) atoms. The lowest BCUT2D eigenvalue weighted by Crippen LogP contribution is -2.39. The Labute approximate surface area is 82.3 Å². The lowest BCUT2D eigenvalue weighted by atomic mass is 9.98. The number of hydrogen-bond acceptors (Lipinski definition) is 2. The van der Waals surface area contributed by atoms with Gasteiger partial charge in [0.25, 0.3) is 0 Å². The van der Waals surface area contributed by atoms with Crippen LogP contribution in [0, 0.1) is 11.8 Å². The Kier molecular flexibility index (Phi) is 4.74. The van der Waals surface area contributed by atoms with Gasteiger partial charge in [-0.05, 0) is 18.3 Å². The monoisotopic (exact) mass is 185 g/mol. The Balaban J connectivity index is 2.14. The van der Waals surface area contributed by atoms with Crippen molar-refractivity contribution in [1.82, 2.24) is 4.90 Å². The van der Waals surface area contributed by atoms with E-state index in [0.29, 0.717) is 0 Å². The van der Waals surface area contributed by atoms with E-state index in [0.717, 1.165) is 38.1 Å². The molecular formula is C11H23NO. The average molecular weight is 185 g/mol. The largest absolute Gasteiger partial charge is 0.379 e. The lowest BCUT2D eigenvalue weighted by molar-refractivity contribution is 0.0305. The van der Waals surface area contributed by atoms with Gasteiger partial charge in [0.15, 0.2) is 0 Å². The zero-order valence-electron chi connectivity index (χ0n) is 9.25. The molecule has 2 heteroatoms. The van der Waals surface area contributed by atoms with Gasteiger partial charge < -0.3 is 4.74 Å². The third-order valence-corrected chi connectivity index (χ3v) is 2.55. The second kappa shape index (κ2) is 5.61. The highest BCUT2D eigenvalue weighted by Gasteiger charge is 2.14. The summed E-state index contributed by atoms with van der Waals surface area (Å²) >= 11 is 0. The molecule has 1 aliphatic heterocycles. The Bertz CT molecular complexity index is 130. The van der Waals surface area contributed by atoms with E-state index in [1.807, 2.05) is 0 Å². The zero-order chi connectivity index (χ0) is 9.68. The quantitative estimate of drug-likeness (QED) is 0.664. The standard InChI is InChI=1S/C11H23NO/c1-10(2)8-11(3)9-12-4-6-13-7-5-12/h10-11H,4-9H2,1-3H3. The fraction of sp³-hybridized carbons (Fsp3) is 1.00. The maximum Gasteiger partial charge on any atom is 0.0594 e. The van der Waals surface area contributed by atoms with Crippen LogP contribution in [-0.4, -0.2) is 37.7 Å². The van der Waals surface area contributed by atoms with Crippen molar-refractivity contribution in [3.63, 3.8) is 0 Å². The molecule has 0 aromatic carbocycles. The van der Waals surface area contributed by atoms with Gasteiger partial charge >= 0.3 is 0 Å². The summed E-state index contributed by atoms with van der Waals surface area (Å²) in [6, 6.07) is 0. The van der Waals surface area contributed by atoms with Crippen LogP contribution in [0.3, 0.4) is 0 Å². The van der Waals surface area contributed by atoms with E-state index in [-0.39, 0.29) is 0 Å². The maximum absolute atomic E-state index is 5.32. The highest BCUT2D eigenvalue weighted by molar-refractivity contribution is 4.66. The molecule has 0 radical (unpaired) electrons. The van der Waals surface area contributed by atoms with Gasteiger partial charge in [0.05, 0.1) is 13.2 Å². The topological polar surface area (TPSA) is 12.5 Å². The van der Waals surface area contributed by atoms with Crippen molar-refractivity contribution >= 4 is 0 Å². The molecular weight excluding hydrogens is 162 g/mol. The van der Waals surface area contributed by atoms with E-state index in [1.165, 1.54) is 13.0 Å². The fourth-order valence-electron chi connectivity index (χ4n) is 2.10. The van der Waals surface area contributed by atoms with Gasteiger partial charge in [0.2, 0.25) is 0 Å². The molecule has 1 unspecified atom stereocenters. The summed E-state index contributed by atoms with van der Waals surface area (Å²) in [5.74, 6) is 1.66. The summed E-state index contributed by atoms with van der Waals surface area (Å²) in [7, 11) is 0. The first-order valence-corrected chi connectivity index (χ1v) is 5.48. The van der Waals surface area contributed by atoms with Crippen molar-refractivity contribution in [2.24, 2.45) is 11.8 Å². The molecule has 2 nitrogen and oxygen atoms in total. The van der Waals surface area contributed by atoms with Crippen molar-refractivity contribution in [2.75, 3.05) is 32.8 Å². The molecule has 0 saturated carbocycles. The molecule has 0 bridgehead atoms. The molecule has 1 fully saturated rings. The van der Waals surface area contributed by atoms with Crippen LogP contribution in [0.15, 0.2) is 0 Å². The fourth-order valence-corrected chi connectivity index (χ4v) is 2.10. The smallest absolute Gasteiger partial charge is 0.0594 e. The maximum atomic E-state index is 5.32. The van der Waals surface area contributed by atoms with Gasteiger partial charge in [-0.25, -0.2) is 0 Å². The van der Waals surface area contributed by atoms with E-state index < -0.39 is 0 Å². The Morgan fingerprint density at radius 1 is 1.15 bits per heavy atom. The third-order valence-electron chi connectivity index (χ3n) is 2.55. The van der Waals surface area contributed by atoms with Crippen LogP contribution in [0.4, 0.5) is 0 Å². The highest BCUT2D eigenvalue weighted by Crippen LogP contribution is 2.12. The lowest BCUT2D eigenvalue weighted by Gasteiger charge is -2.29. The third kappa shape index (κ3) is 4.63. The predicted octanol–water partition coefficient (Wildman–Crippen LogP) is 2.00. The molecule has 0 aromatic rings. The summed E-state index contributed by atoms with van der Waals surface area (Å²) in [5, 5.41) is 0. The molecule has 1 aliphatic rings. The normalized spacial score (nSPS) is 22.2. The second-order valence-corrected chi connectivity index (χ2v) is 4.65. The number of morpholine rings is 1. The van der Waals surface area contributed by atoms with Gasteiger partial charge in [-0.3, -0.25) is 4.90 Å². The first-order chi connectivity index (χ1) is 6.18. The van der Waals surface area contributed by atoms with Crippen LogP contribution in [-0.2, 0) is 4.74 Å². The van der Waals surface area contributed by atoms with Crippen LogP contribution in [0.2, 0.25) is 0 Å². The minimum absolute atomic E-state index is 0.830. The van der Waals surface area contributed by atoms with Gasteiger partial charge in [-0.15, -0.1) is 0 Å². The van der Waals surface area contributed by atoms with E-state index in [1.54, 1.807) is 0 Å². The summed E-state index contributed by atoms with van der Waals surface area (Å²) < 4.78 is 5.32. The van der Waals surface area contributed by atoms with Crippen LogP contribution in [0.1, 0.15) is 27.2 Å².